The van der Waals surface area contributed by atoms with Gasteiger partial charge in [0.15, 0.2) is 6.29 Å². The molecule has 1 rings (SSSR count). The van der Waals surface area contributed by atoms with E-state index in [0.717, 1.165) is 57.8 Å². The van der Waals surface area contributed by atoms with Crippen molar-refractivity contribution in [3.8, 4) is 0 Å². The van der Waals surface area contributed by atoms with Crippen molar-refractivity contribution in [2.24, 2.45) is 0 Å². The Morgan fingerprint density at radius 3 is 1.59 bits per heavy atom. The van der Waals surface area contributed by atoms with Crippen molar-refractivity contribution in [2.75, 3.05) is 26.4 Å². The van der Waals surface area contributed by atoms with E-state index in [1.165, 1.54) is 128 Å². The Morgan fingerprint density at radius 2 is 1.05 bits per heavy atom. The van der Waals surface area contributed by atoms with Crippen molar-refractivity contribution in [3.05, 3.63) is 24.3 Å². The number of hydrogen-bond acceptors (Lipinski definition) is 9. The van der Waals surface area contributed by atoms with E-state index in [1.807, 2.05) is 0 Å². The summed E-state index contributed by atoms with van der Waals surface area (Å²) in [5.41, 5.74) is 0. The van der Waals surface area contributed by atoms with Gasteiger partial charge in [0.2, 0.25) is 0 Å². The Morgan fingerprint density at radius 1 is 0.571 bits per heavy atom. The van der Waals surface area contributed by atoms with E-state index in [-0.39, 0.29) is 19.2 Å². The summed E-state index contributed by atoms with van der Waals surface area (Å²) in [5, 5.41) is 40.1. The van der Waals surface area contributed by atoms with Gasteiger partial charge in [-0.25, -0.2) is 0 Å². The normalized spacial score (nSPS) is 20.7. The fourth-order valence-electron chi connectivity index (χ4n) is 7.16. The molecule has 0 bridgehead atoms. The molecule has 0 aromatic carbocycles. The first-order valence-electron chi connectivity index (χ1n) is 23.4. The molecule has 1 aliphatic heterocycles. The second-order valence-electron chi connectivity index (χ2n) is 16.2. The lowest BCUT2D eigenvalue weighted by molar-refractivity contribution is -0.305. The third-order valence-corrected chi connectivity index (χ3v) is 10.9. The number of unbranched alkanes of at least 4 members (excludes halogenated alkanes) is 25. The fraction of sp³-hybridized carbons (Fsp3) is 0.894. The molecule has 330 valence electrons. The van der Waals surface area contributed by atoms with Gasteiger partial charge in [0.25, 0.3) is 0 Å². The summed E-state index contributed by atoms with van der Waals surface area (Å²) in [6, 6.07) is 0. The van der Waals surface area contributed by atoms with Crippen LogP contribution in [0.25, 0.3) is 0 Å². The van der Waals surface area contributed by atoms with E-state index >= 15 is 0 Å². The van der Waals surface area contributed by atoms with Crippen molar-refractivity contribution >= 4 is 5.97 Å². The van der Waals surface area contributed by atoms with E-state index in [0.29, 0.717) is 13.0 Å². The number of esters is 1. The van der Waals surface area contributed by atoms with Gasteiger partial charge in [-0.05, 0) is 38.5 Å². The smallest absolute Gasteiger partial charge is 0.306 e. The molecular formula is C47H88O9. The minimum Gasteiger partial charge on any atom is -0.457 e. The average Bonchev–Trinajstić information content (AvgIpc) is 3.20. The van der Waals surface area contributed by atoms with Crippen LogP contribution in [0.3, 0.4) is 0 Å². The molecule has 4 N–H and O–H groups in total. The van der Waals surface area contributed by atoms with Crippen molar-refractivity contribution in [1.82, 2.24) is 0 Å². The molecule has 56 heavy (non-hydrogen) atoms. The van der Waals surface area contributed by atoms with Gasteiger partial charge in [-0.15, -0.1) is 0 Å². The van der Waals surface area contributed by atoms with Crippen LogP contribution in [-0.2, 0) is 23.7 Å². The highest BCUT2D eigenvalue weighted by molar-refractivity contribution is 5.69. The van der Waals surface area contributed by atoms with E-state index in [2.05, 4.69) is 38.2 Å². The number of aliphatic hydroxyl groups is 4. The Kier molecular flexibility index (Phi) is 36.8. The van der Waals surface area contributed by atoms with Gasteiger partial charge in [-0.1, -0.05) is 186 Å². The molecule has 0 aliphatic carbocycles. The summed E-state index contributed by atoms with van der Waals surface area (Å²) in [7, 11) is 0. The van der Waals surface area contributed by atoms with Gasteiger partial charge in [0.1, 0.15) is 30.5 Å². The Hall–Kier alpha value is -1.33. The van der Waals surface area contributed by atoms with E-state index in [4.69, 9.17) is 18.9 Å². The molecule has 0 aromatic rings. The van der Waals surface area contributed by atoms with Crippen LogP contribution in [0.1, 0.15) is 206 Å². The molecule has 1 aliphatic rings. The predicted octanol–water partition coefficient (Wildman–Crippen LogP) is 10.6. The third-order valence-electron chi connectivity index (χ3n) is 10.9. The standard InChI is InChI=1S/C47H88O9/c1-3-5-7-9-11-13-15-17-19-20-21-22-23-25-27-29-31-33-35-37-53-39-41(40-54-47-46(52)45(51)44(50)42(38-48)56-47)55-43(49)36-34-32-30-28-26-24-18-16-14-12-10-8-6-4-2/h10,12,16,18,41-42,44-48,50-52H,3-9,11,13-15,17,19-40H2,1-2H3/b12-10-,18-16-. The van der Waals surface area contributed by atoms with Crippen LogP contribution in [-0.4, -0.2) is 89.6 Å². The molecule has 9 nitrogen and oxygen atoms in total. The van der Waals surface area contributed by atoms with Crippen molar-refractivity contribution < 1.29 is 44.2 Å². The SMILES string of the molecule is CCCC/C=C\C/C=C\CCCCCCCC(=O)OC(COCCCCCCCCCCCCCCCCCCCCC)COC1OC(CO)C(O)C(O)C1O. The molecule has 0 radical (unpaired) electrons. The van der Waals surface area contributed by atoms with Gasteiger partial charge in [-0.3, -0.25) is 4.79 Å². The third kappa shape index (κ3) is 29.8. The maximum atomic E-state index is 12.8. The number of carbonyl (C=O) groups is 1. The predicted molar refractivity (Wildman–Crippen MR) is 229 cm³/mol. The quantitative estimate of drug-likeness (QED) is 0.0271. The molecule has 0 aromatic heterocycles. The number of allylic oxidation sites excluding steroid dienone is 4. The number of aliphatic hydroxyl groups excluding tert-OH is 4. The molecule has 9 heteroatoms. The van der Waals surface area contributed by atoms with Gasteiger partial charge in [0, 0.05) is 13.0 Å². The Balaban J connectivity index is 2.23. The van der Waals surface area contributed by atoms with Crippen LogP contribution >= 0.6 is 0 Å². The lowest BCUT2D eigenvalue weighted by Crippen LogP contribution is -2.59. The first-order chi connectivity index (χ1) is 27.4. The zero-order valence-electron chi connectivity index (χ0n) is 36.1. The van der Waals surface area contributed by atoms with E-state index < -0.39 is 43.4 Å². The van der Waals surface area contributed by atoms with Crippen molar-refractivity contribution in [2.45, 2.75) is 243 Å². The van der Waals surface area contributed by atoms with Gasteiger partial charge in [-0.2, -0.15) is 0 Å². The molecule has 1 saturated heterocycles. The summed E-state index contributed by atoms with van der Waals surface area (Å²) in [5.74, 6) is -0.325. The Labute approximate surface area is 343 Å². The van der Waals surface area contributed by atoms with Gasteiger partial charge < -0.3 is 39.4 Å². The first kappa shape index (κ1) is 52.7. The zero-order chi connectivity index (χ0) is 40.7. The molecule has 1 fully saturated rings. The summed E-state index contributed by atoms with van der Waals surface area (Å²) >= 11 is 0. The van der Waals surface area contributed by atoms with Crippen LogP contribution in [0.15, 0.2) is 24.3 Å². The highest BCUT2D eigenvalue weighted by atomic mass is 16.7. The van der Waals surface area contributed by atoms with Crippen LogP contribution in [0, 0.1) is 0 Å². The van der Waals surface area contributed by atoms with Crippen LogP contribution in [0.4, 0.5) is 0 Å². The monoisotopic (exact) mass is 797 g/mol. The molecule has 6 atom stereocenters. The number of rotatable bonds is 40. The minimum atomic E-state index is -1.54. The first-order valence-corrected chi connectivity index (χ1v) is 23.4. The van der Waals surface area contributed by atoms with Gasteiger partial charge in [0.05, 0.1) is 19.8 Å². The molecule has 1 heterocycles. The molecule has 0 spiro atoms. The fourth-order valence-corrected chi connectivity index (χ4v) is 7.16. The van der Waals surface area contributed by atoms with E-state index in [9.17, 15) is 25.2 Å². The minimum absolute atomic E-state index is 0.115. The number of carbonyl (C=O) groups excluding carboxylic acids is 1. The van der Waals surface area contributed by atoms with E-state index in [1.54, 1.807) is 0 Å². The van der Waals surface area contributed by atoms with Crippen LogP contribution in [0.5, 0.6) is 0 Å². The maximum Gasteiger partial charge on any atom is 0.306 e. The molecule has 0 amide bonds. The van der Waals surface area contributed by atoms with Crippen LogP contribution < -0.4 is 0 Å². The molecular weight excluding hydrogens is 709 g/mol. The summed E-state index contributed by atoms with van der Waals surface area (Å²) in [6.45, 7) is 4.53. The summed E-state index contributed by atoms with van der Waals surface area (Å²) in [6.07, 6.45) is 37.8. The lowest BCUT2D eigenvalue weighted by Gasteiger charge is -2.39. The molecule has 0 saturated carbocycles. The number of ether oxygens (including phenoxy) is 4. The van der Waals surface area contributed by atoms with Crippen LogP contribution in [0.2, 0.25) is 0 Å². The maximum absolute atomic E-state index is 12.8. The summed E-state index contributed by atoms with van der Waals surface area (Å²) < 4.78 is 22.8. The average molecular weight is 797 g/mol. The van der Waals surface area contributed by atoms with Crippen molar-refractivity contribution in [1.29, 1.82) is 0 Å². The Bertz CT molecular complexity index is 910. The zero-order valence-corrected chi connectivity index (χ0v) is 36.1. The van der Waals surface area contributed by atoms with Gasteiger partial charge >= 0.3 is 5.97 Å². The van der Waals surface area contributed by atoms with Crippen molar-refractivity contribution in [3.63, 3.8) is 0 Å². The molecule has 6 unspecified atom stereocenters. The summed E-state index contributed by atoms with van der Waals surface area (Å²) in [4.78, 5) is 12.8. The highest BCUT2D eigenvalue weighted by Crippen LogP contribution is 2.23. The topological polar surface area (TPSA) is 135 Å². The second kappa shape index (κ2) is 39.1. The highest BCUT2D eigenvalue weighted by Gasteiger charge is 2.44. The number of hydrogen-bond donors (Lipinski definition) is 4. The lowest BCUT2D eigenvalue weighted by atomic mass is 9.99. The second-order valence-corrected chi connectivity index (χ2v) is 16.2. The largest absolute Gasteiger partial charge is 0.457 e.